The molecular formula is C14H15BrINO2. The molecule has 1 aromatic carbocycles. The maximum atomic E-state index is 12.8. The van der Waals surface area contributed by atoms with E-state index in [4.69, 9.17) is 4.74 Å². The van der Waals surface area contributed by atoms with Gasteiger partial charge in [0.1, 0.15) is 0 Å². The SMILES string of the molecule is O=C(c1cc(Br)ccc1I)N1CCOC2CCCC21. The van der Waals surface area contributed by atoms with Gasteiger partial charge < -0.3 is 9.64 Å². The summed E-state index contributed by atoms with van der Waals surface area (Å²) in [5, 5.41) is 0. The number of carbonyl (C=O) groups excluding carboxylic acids is 1. The van der Waals surface area contributed by atoms with Gasteiger partial charge in [-0.15, -0.1) is 0 Å². The number of hydrogen-bond acceptors (Lipinski definition) is 2. The molecule has 1 aliphatic carbocycles. The summed E-state index contributed by atoms with van der Waals surface area (Å²) >= 11 is 5.68. The minimum absolute atomic E-state index is 0.144. The van der Waals surface area contributed by atoms with Crippen LogP contribution in [0.25, 0.3) is 0 Å². The van der Waals surface area contributed by atoms with E-state index in [2.05, 4.69) is 38.5 Å². The zero-order chi connectivity index (χ0) is 13.4. The summed E-state index contributed by atoms with van der Waals surface area (Å²) in [6.45, 7) is 1.38. The highest BCUT2D eigenvalue weighted by Crippen LogP contribution is 2.31. The third-order valence-electron chi connectivity index (χ3n) is 3.90. The first-order valence-electron chi connectivity index (χ1n) is 6.54. The van der Waals surface area contributed by atoms with E-state index >= 15 is 0 Å². The van der Waals surface area contributed by atoms with Gasteiger partial charge in [-0.2, -0.15) is 0 Å². The van der Waals surface area contributed by atoms with Gasteiger partial charge in [0.2, 0.25) is 0 Å². The standard InChI is InChI=1S/C14H15BrINO2/c15-9-4-5-11(16)10(8-9)14(18)17-6-7-19-13-3-1-2-12(13)17/h4-5,8,12-13H,1-3,6-7H2. The molecule has 19 heavy (non-hydrogen) atoms. The summed E-state index contributed by atoms with van der Waals surface area (Å²) in [5.74, 6) is 0.144. The third-order valence-corrected chi connectivity index (χ3v) is 5.34. The van der Waals surface area contributed by atoms with E-state index in [0.717, 1.165) is 32.9 Å². The van der Waals surface area contributed by atoms with E-state index in [-0.39, 0.29) is 18.1 Å². The van der Waals surface area contributed by atoms with Crippen molar-refractivity contribution in [2.75, 3.05) is 13.2 Å². The zero-order valence-corrected chi connectivity index (χ0v) is 14.2. The number of fused-ring (bicyclic) bond motifs is 1. The maximum absolute atomic E-state index is 12.8. The van der Waals surface area contributed by atoms with Crippen LogP contribution in [0.4, 0.5) is 0 Å². The topological polar surface area (TPSA) is 29.5 Å². The highest BCUT2D eigenvalue weighted by molar-refractivity contribution is 14.1. The number of carbonyl (C=O) groups is 1. The van der Waals surface area contributed by atoms with Crippen LogP contribution in [0.2, 0.25) is 0 Å². The average molecular weight is 436 g/mol. The van der Waals surface area contributed by atoms with Crippen LogP contribution in [0, 0.1) is 3.57 Å². The first kappa shape index (κ1) is 13.8. The highest BCUT2D eigenvalue weighted by atomic mass is 127. The molecule has 0 N–H and O–H groups in total. The second-order valence-corrected chi connectivity index (χ2v) is 7.11. The molecule has 3 nitrogen and oxygen atoms in total. The van der Waals surface area contributed by atoms with Crippen LogP contribution >= 0.6 is 38.5 Å². The maximum Gasteiger partial charge on any atom is 0.255 e. The summed E-state index contributed by atoms with van der Waals surface area (Å²) in [7, 11) is 0. The second-order valence-electron chi connectivity index (χ2n) is 5.03. The lowest BCUT2D eigenvalue weighted by Gasteiger charge is -2.37. The van der Waals surface area contributed by atoms with Crippen molar-refractivity contribution in [2.24, 2.45) is 0 Å². The molecule has 102 valence electrons. The Bertz CT molecular complexity index is 508. The quantitative estimate of drug-likeness (QED) is 0.632. The predicted octanol–water partition coefficient (Wildman–Crippen LogP) is 3.45. The molecule has 3 rings (SSSR count). The van der Waals surface area contributed by atoms with Gasteiger partial charge in [-0.05, 0) is 60.1 Å². The molecule has 1 aliphatic heterocycles. The molecule has 0 bridgehead atoms. The van der Waals surface area contributed by atoms with Gasteiger partial charge in [-0.1, -0.05) is 15.9 Å². The predicted molar refractivity (Wildman–Crippen MR) is 85.3 cm³/mol. The number of ether oxygens (including phenoxy) is 1. The van der Waals surface area contributed by atoms with Crippen molar-refractivity contribution in [1.29, 1.82) is 0 Å². The Balaban J connectivity index is 1.88. The van der Waals surface area contributed by atoms with Crippen molar-refractivity contribution in [3.8, 4) is 0 Å². The minimum atomic E-state index is 0.144. The number of halogens is 2. The highest BCUT2D eigenvalue weighted by Gasteiger charge is 2.38. The second kappa shape index (κ2) is 5.69. The van der Waals surface area contributed by atoms with E-state index in [1.54, 1.807) is 0 Å². The lowest BCUT2D eigenvalue weighted by atomic mass is 10.1. The van der Waals surface area contributed by atoms with Crippen LogP contribution < -0.4 is 0 Å². The fourth-order valence-electron chi connectivity index (χ4n) is 2.99. The summed E-state index contributed by atoms with van der Waals surface area (Å²) in [6.07, 6.45) is 3.57. The number of amides is 1. The fourth-order valence-corrected chi connectivity index (χ4v) is 3.92. The van der Waals surface area contributed by atoms with Crippen LogP contribution in [-0.2, 0) is 4.74 Å². The molecule has 0 spiro atoms. The van der Waals surface area contributed by atoms with Crippen molar-refractivity contribution < 1.29 is 9.53 Å². The molecule has 2 fully saturated rings. The lowest BCUT2D eigenvalue weighted by Crippen LogP contribution is -2.51. The smallest absolute Gasteiger partial charge is 0.255 e. The van der Waals surface area contributed by atoms with Gasteiger partial charge >= 0.3 is 0 Å². The van der Waals surface area contributed by atoms with Gasteiger partial charge in [0.15, 0.2) is 0 Å². The number of rotatable bonds is 1. The van der Waals surface area contributed by atoms with Crippen molar-refractivity contribution in [2.45, 2.75) is 31.4 Å². The fraction of sp³-hybridized carbons (Fsp3) is 0.500. The Morgan fingerprint density at radius 2 is 2.26 bits per heavy atom. The molecular weight excluding hydrogens is 421 g/mol. The van der Waals surface area contributed by atoms with Gasteiger partial charge in [-0.25, -0.2) is 0 Å². The lowest BCUT2D eigenvalue weighted by molar-refractivity contribution is -0.0445. The van der Waals surface area contributed by atoms with Crippen molar-refractivity contribution in [1.82, 2.24) is 4.90 Å². The van der Waals surface area contributed by atoms with Crippen molar-refractivity contribution >= 4 is 44.4 Å². The van der Waals surface area contributed by atoms with Gasteiger partial charge in [0, 0.05) is 14.6 Å². The Morgan fingerprint density at radius 3 is 3.11 bits per heavy atom. The van der Waals surface area contributed by atoms with Crippen LogP contribution in [0.15, 0.2) is 22.7 Å². The Hall–Kier alpha value is -0.140. The molecule has 0 radical (unpaired) electrons. The van der Waals surface area contributed by atoms with E-state index in [1.807, 2.05) is 23.1 Å². The van der Waals surface area contributed by atoms with Gasteiger partial charge in [-0.3, -0.25) is 4.79 Å². The van der Waals surface area contributed by atoms with E-state index < -0.39 is 0 Å². The van der Waals surface area contributed by atoms with Crippen LogP contribution in [-0.4, -0.2) is 36.1 Å². The summed E-state index contributed by atoms with van der Waals surface area (Å²) < 4.78 is 7.72. The molecule has 1 aromatic rings. The molecule has 2 aliphatic rings. The Morgan fingerprint density at radius 1 is 1.42 bits per heavy atom. The summed E-state index contributed by atoms with van der Waals surface area (Å²) in [6, 6.07) is 6.14. The van der Waals surface area contributed by atoms with Crippen molar-refractivity contribution in [3.63, 3.8) is 0 Å². The molecule has 2 atom stereocenters. The summed E-state index contributed by atoms with van der Waals surface area (Å²) in [5.41, 5.74) is 0.794. The van der Waals surface area contributed by atoms with E-state index in [0.29, 0.717) is 13.2 Å². The number of benzene rings is 1. The minimum Gasteiger partial charge on any atom is -0.374 e. The van der Waals surface area contributed by atoms with Crippen LogP contribution in [0.5, 0.6) is 0 Å². The van der Waals surface area contributed by atoms with E-state index in [9.17, 15) is 4.79 Å². The number of hydrogen-bond donors (Lipinski definition) is 0. The van der Waals surface area contributed by atoms with Crippen LogP contribution in [0.3, 0.4) is 0 Å². The molecule has 1 heterocycles. The zero-order valence-electron chi connectivity index (χ0n) is 10.4. The normalized spacial score (nSPS) is 26.3. The largest absolute Gasteiger partial charge is 0.374 e. The molecule has 5 heteroatoms. The van der Waals surface area contributed by atoms with Crippen LogP contribution in [0.1, 0.15) is 29.6 Å². The Labute approximate surface area is 135 Å². The molecule has 1 amide bonds. The molecule has 0 aromatic heterocycles. The van der Waals surface area contributed by atoms with Crippen molar-refractivity contribution in [3.05, 3.63) is 31.8 Å². The Kier molecular flexibility index (Phi) is 4.14. The summed E-state index contributed by atoms with van der Waals surface area (Å²) in [4.78, 5) is 14.8. The van der Waals surface area contributed by atoms with E-state index in [1.165, 1.54) is 0 Å². The molecule has 1 saturated carbocycles. The first-order chi connectivity index (χ1) is 9.16. The monoisotopic (exact) mass is 435 g/mol. The number of morpholine rings is 1. The van der Waals surface area contributed by atoms with Gasteiger partial charge in [0.25, 0.3) is 5.91 Å². The molecule has 2 unspecified atom stereocenters. The third kappa shape index (κ3) is 2.69. The van der Waals surface area contributed by atoms with Gasteiger partial charge in [0.05, 0.1) is 24.3 Å². The average Bonchev–Trinajstić information content (AvgIpc) is 2.89. The number of nitrogens with zero attached hydrogens (tertiary/aromatic N) is 1. The first-order valence-corrected chi connectivity index (χ1v) is 8.41. The molecule has 1 saturated heterocycles.